The van der Waals surface area contributed by atoms with E-state index in [1.807, 2.05) is 19.1 Å². The van der Waals surface area contributed by atoms with Gasteiger partial charge in [-0.25, -0.2) is 4.79 Å². The molecule has 2 fully saturated rings. The van der Waals surface area contributed by atoms with Gasteiger partial charge in [-0.3, -0.25) is 10.1 Å². The zero-order valence-corrected chi connectivity index (χ0v) is 13.8. The Balaban J connectivity index is 1.64. The number of rotatable bonds is 3. The largest absolute Gasteiger partial charge is 0.355 e. The smallest absolute Gasteiger partial charge is 0.322 e. The lowest BCUT2D eigenvalue weighted by atomic mass is 9.79. The van der Waals surface area contributed by atoms with Gasteiger partial charge in [-0.15, -0.1) is 5.10 Å². The number of carbonyl (C=O) groups excluding carboxylic acids is 2. The van der Waals surface area contributed by atoms with Gasteiger partial charge < -0.3 is 10.2 Å². The van der Waals surface area contributed by atoms with Gasteiger partial charge in [0.1, 0.15) is 5.54 Å². The third-order valence-corrected chi connectivity index (χ3v) is 4.97. The van der Waals surface area contributed by atoms with Crippen LogP contribution >= 0.6 is 0 Å². The zero-order valence-electron chi connectivity index (χ0n) is 13.8. The summed E-state index contributed by atoms with van der Waals surface area (Å²) in [4.78, 5) is 25.6. The molecule has 3 heterocycles. The Bertz CT molecular complexity index is 607. The predicted molar refractivity (Wildman–Crippen MR) is 86.1 cm³/mol. The number of amides is 3. The number of nitrogens with zero attached hydrogens (tertiary/aromatic N) is 3. The normalized spacial score (nSPS) is 25.7. The molecule has 0 spiro atoms. The van der Waals surface area contributed by atoms with Crippen molar-refractivity contribution < 1.29 is 9.59 Å². The van der Waals surface area contributed by atoms with Crippen molar-refractivity contribution >= 4 is 17.8 Å². The number of nitrogens with one attached hydrogen (secondary N) is 2. The monoisotopic (exact) mass is 317 g/mol. The van der Waals surface area contributed by atoms with Gasteiger partial charge in [0.05, 0.1) is 5.69 Å². The predicted octanol–water partition coefficient (Wildman–Crippen LogP) is 1.41. The fourth-order valence-electron chi connectivity index (χ4n) is 3.34. The van der Waals surface area contributed by atoms with Gasteiger partial charge in [-0.1, -0.05) is 13.8 Å². The molecule has 0 aromatic carbocycles. The van der Waals surface area contributed by atoms with E-state index in [1.54, 1.807) is 0 Å². The first-order valence-electron chi connectivity index (χ1n) is 8.12. The van der Waals surface area contributed by atoms with Crippen LogP contribution in [0.2, 0.25) is 0 Å². The summed E-state index contributed by atoms with van der Waals surface area (Å²) in [5.41, 5.74) is 0.192. The quantitative estimate of drug-likeness (QED) is 0.823. The molecule has 3 rings (SSSR count). The van der Waals surface area contributed by atoms with Crippen molar-refractivity contribution in [2.75, 3.05) is 18.0 Å². The van der Waals surface area contributed by atoms with Crippen LogP contribution in [0.15, 0.2) is 12.1 Å². The van der Waals surface area contributed by atoms with Crippen LogP contribution in [-0.4, -0.2) is 40.8 Å². The highest BCUT2D eigenvalue weighted by atomic mass is 16.2. The third-order valence-electron chi connectivity index (χ3n) is 4.97. The lowest BCUT2D eigenvalue weighted by Gasteiger charge is -2.38. The van der Waals surface area contributed by atoms with Gasteiger partial charge in [0.15, 0.2) is 5.82 Å². The van der Waals surface area contributed by atoms with Crippen molar-refractivity contribution in [3.63, 3.8) is 0 Å². The minimum Gasteiger partial charge on any atom is -0.355 e. The topological polar surface area (TPSA) is 87.2 Å². The molecule has 7 nitrogen and oxygen atoms in total. The molecule has 0 saturated carbocycles. The average molecular weight is 317 g/mol. The summed E-state index contributed by atoms with van der Waals surface area (Å²) in [7, 11) is 0. The molecule has 1 aromatic rings. The molecule has 3 amide bonds. The second kappa shape index (κ2) is 5.79. The number of carbonyl (C=O) groups is 2. The Hall–Kier alpha value is -2.18. The van der Waals surface area contributed by atoms with E-state index in [-0.39, 0.29) is 11.8 Å². The van der Waals surface area contributed by atoms with Crippen molar-refractivity contribution in [2.45, 2.75) is 45.1 Å². The van der Waals surface area contributed by atoms with Gasteiger partial charge in [0.2, 0.25) is 0 Å². The first kappa shape index (κ1) is 15.7. The Morgan fingerprint density at radius 3 is 2.39 bits per heavy atom. The molecule has 1 aromatic heterocycles. The van der Waals surface area contributed by atoms with Crippen LogP contribution in [0.25, 0.3) is 0 Å². The molecule has 7 heteroatoms. The van der Waals surface area contributed by atoms with Gasteiger partial charge in [-0.2, -0.15) is 5.10 Å². The maximum absolute atomic E-state index is 12.0. The van der Waals surface area contributed by atoms with Crippen LogP contribution < -0.4 is 15.5 Å². The highest BCUT2D eigenvalue weighted by molar-refractivity contribution is 6.06. The second-order valence-corrected chi connectivity index (χ2v) is 6.84. The van der Waals surface area contributed by atoms with E-state index >= 15 is 0 Å². The first-order chi connectivity index (χ1) is 10.9. The van der Waals surface area contributed by atoms with Gasteiger partial charge >= 0.3 is 6.03 Å². The minimum absolute atomic E-state index is 0.132. The summed E-state index contributed by atoms with van der Waals surface area (Å²) >= 11 is 0. The summed E-state index contributed by atoms with van der Waals surface area (Å²) in [5.74, 6) is 1.15. The highest BCUT2D eigenvalue weighted by Crippen LogP contribution is 2.32. The maximum atomic E-state index is 12.0. The van der Waals surface area contributed by atoms with E-state index in [4.69, 9.17) is 0 Å². The highest BCUT2D eigenvalue weighted by Gasteiger charge is 2.48. The van der Waals surface area contributed by atoms with Crippen LogP contribution in [0, 0.1) is 5.92 Å². The Labute approximate surface area is 135 Å². The van der Waals surface area contributed by atoms with Gasteiger partial charge in [-0.05, 0) is 43.7 Å². The summed E-state index contributed by atoms with van der Waals surface area (Å²) in [6.07, 6.45) is 1.66. The molecule has 124 valence electrons. The van der Waals surface area contributed by atoms with Crippen LogP contribution in [0.3, 0.4) is 0 Å². The molecular weight excluding hydrogens is 294 g/mol. The minimum atomic E-state index is -0.795. The average Bonchev–Trinajstić information content (AvgIpc) is 2.81. The molecule has 0 radical (unpaired) electrons. The van der Waals surface area contributed by atoms with Crippen LogP contribution in [-0.2, 0) is 4.79 Å². The van der Waals surface area contributed by atoms with Gasteiger partial charge in [0.25, 0.3) is 5.91 Å². The molecule has 2 N–H and O–H groups in total. The fraction of sp³-hybridized carbons (Fsp3) is 0.625. The lowest BCUT2D eigenvalue weighted by Crippen LogP contribution is -2.53. The Morgan fingerprint density at radius 2 is 1.91 bits per heavy atom. The summed E-state index contributed by atoms with van der Waals surface area (Å²) in [5, 5.41) is 13.7. The number of hydrogen-bond donors (Lipinski definition) is 2. The van der Waals surface area contributed by atoms with E-state index in [9.17, 15) is 9.59 Å². The Kier molecular flexibility index (Phi) is 3.95. The second-order valence-electron chi connectivity index (χ2n) is 6.84. The fourth-order valence-corrected chi connectivity index (χ4v) is 3.34. The standard InChI is InChI=1S/C16H23N5O2/c1-10(2)12-4-5-13(20-19-12)21-8-6-11(7-9-21)16(3)14(22)17-15(23)18-16/h4-5,10-11H,6-9H2,1-3H3,(H2,17,18,22,23). The maximum Gasteiger partial charge on any atom is 0.322 e. The number of imide groups is 1. The van der Waals surface area contributed by atoms with Crippen molar-refractivity contribution in [1.82, 2.24) is 20.8 Å². The zero-order chi connectivity index (χ0) is 16.6. The van der Waals surface area contributed by atoms with Crippen LogP contribution in [0.5, 0.6) is 0 Å². The molecular formula is C16H23N5O2. The van der Waals surface area contributed by atoms with Crippen LogP contribution in [0.4, 0.5) is 10.6 Å². The van der Waals surface area contributed by atoms with E-state index in [1.165, 1.54) is 0 Å². The number of aromatic nitrogens is 2. The van der Waals surface area contributed by atoms with E-state index in [2.05, 4.69) is 39.6 Å². The molecule has 1 atom stereocenters. The van der Waals surface area contributed by atoms with Crippen molar-refractivity contribution in [3.8, 4) is 0 Å². The number of anilines is 1. The molecule has 1 unspecified atom stereocenters. The van der Waals surface area contributed by atoms with Crippen molar-refractivity contribution in [3.05, 3.63) is 17.8 Å². The number of piperidine rings is 1. The molecule has 0 aliphatic carbocycles. The molecule has 2 saturated heterocycles. The molecule has 2 aliphatic heterocycles. The van der Waals surface area contributed by atoms with Crippen molar-refractivity contribution in [2.24, 2.45) is 5.92 Å². The summed E-state index contributed by atoms with van der Waals surface area (Å²) < 4.78 is 0. The van der Waals surface area contributed by atoms with Gasteiger partial charge in [0, 0.05) is 13.1 Å². The molecule has 0 bridgehead atoms. The lowest BCUT2D eigenvalue weighted by molar-refractivity contribution is -0.125. The molecule has 23 heavy (non-hydrogen) atoms. The SMILES string of the molecule is CC(C)c1ccc(N2CCC(C3(C)NC(=O)NC3=O)CC2)nn1. The number of urea groups is 1. The van der Waals surface area contributed by atoms with Crippen LogP contribution in [0.1, 0.15) is 45.2 Å². The summed E-state index contributed by atoms with van der Waals surface area (Å²) in [6.45, 7) is 7.61. The van der Waals surface area contributed by atoms with E-state index in [0.29, 0.717) is 5.92 Å². The van der Waals surface area contributed by atoms with E-state index < -0.39 is 11.6 Å². The molecule has 2 aliphatic rings. The Morgan fingerprint density at radius 1 is 1.22 bits per heavy atom. The van der Waals surface area contributed by atoms with E-state index in [0.717, 1.165) is 37.4 Å². The first-order valence-corrected chi connectivity index (χ1v) is 8.12. The van der Waals surface area contributed by atoms with Crippen molar-refractivity contribution in [1.29, 1.82) is 0 Å². The summed E-state index contributed by atoms with van der Waals surface area (Å²) in [6, 6.07) is 3.63. The third kappa shape index (κ3) is 2.87. The number of hydrogen-bond acceptors (Lipinski definition) is 5.